The van der Waals surface area contributed by atoms with Gasteiger partial charge in [0.05, 0.1) is 11.0 Å². The first-order chi connectivity index (χ1) is 7.61. The molecule has 0 aromatic rings. The summed E-state index contributed by atoms with van der Waals surface area (Å²) in [5, 5.41) is 2.96. The Kier molecular flexibility index (Phi) is 5.72. The van der Waals surface area contributed by atoms with Crippen LogP contribution in [0.4, 0.5) is 0 Å². The Balaban J connectivity index is 2.56. The maximum absolute atomic E-state index is 11.9. The molecule has 1 saturated heterocycles. The van der Waals surface area contributed by atoms with E-state index in [1.54, 1.807) is 7.11 Å². The third-order valence-corrected chi connectivity index (χ3v) is 5.66. The van der Waals surface area contributed by atoms with Crippen LogP contribution < -0.4 is 5.32 Å². The molecular weight excluding hydrogens is 226 g/mol. The maximum Gasteiger partial charge on any atom is 0.154 e. The minimum atomic E-state index is -2.88. The molecule has 2 unspecified atom stereocenters. The number of ether oxygens (including phenoxy) is 1. The van der Waals surface area contributed by atoms with Gasteiger partial charge in [-0.05, 0) is 32.7 Å². The number of hydrogen-bond acceptors (Lipinski definition) is 4. The first kappa shape index (κ1) is 13.9. The molecule has 0 aliphatic carbocycles. The summed E-state index contributed by atoms with van der Waals surface area (Å²) in [6, 6.07) is 0.0837. The topological polar surface area (TPSA) is 55.4 Å². The minimum Gasteiger partial charge on any atom is -0.385 e. The van der Waals surface area contributed by atoms with Crippen LogP contribution in [-0.4, -0.2) is 46.2 Å². The quantitative estimate of drug-likeness (QED) is 0.713. The monoisotopic (exact) mass is 249 g/mol. The molecule has 0 spiro atoms. The fraction of sp³-hybridized carbons (Fsp3) is 1.00. The van der Waals surface area contributed by atoms with Crippen LogP contribution in [0.25, 0.3) is 0 Å². The molecule has 0 aromatic heterocycles. The summed E-state index contributed by atoms with van der Waals surface area (Å²) in [7, 11) is 0.646. The van der Waals surface area contributed by atoms with E-state index in [4.69, 9.17) is 4.74 Å². The van der Waals surface area contributed by atoms with Crippen molar-refractivity contribution in [3.05, 3.63) is 0 Å². The van der Waals surface area contributed by atoms with Crippen molar-refractivity contribution in [2.24, 2.45) is 0 Å². The van der Waals surface area contributed by atoms with Gasteiger partial charge in [-0.3, -0.25) is 0 Å². The van der Waals surface area contributed by atoms with E-state index in [-0.39, 0.29) is 11.3 Å². The average molecular weight is 249 g/mol. The molecule has 0 saturated carbocycles. The maximum atomic E-state index is 11.9. The lowest BCUT2D eigenvalue weighted by Gasteiger charge is -2.29. The molecule has 1 N–H and O–H groups in total. The third-order valence-electron chi connectivity index (χ3n) is 3.31. The van der Waals surface area contributed by atoms with Crippen LogP contribution in [0.1, 0.15) is 32.1 Å². The third kappa shape index (κ3) is 3.71. The van der Waals surface area contributed by atoms with Gasteiger partial charge in [0.2, 0.25) is 0 Å². The van der Waals surface area contributed by atoms with E-state index < -0.39 is 9.84 Å². The second-order valence-corrected chi connectivity index (χ2v) is 6.77. The highest BCUT2D eigenvalue weighted by molar-refractivity contribution is 7.92. The van der Waals surface area contributed by atoms with Crippen LogP contribution in [0.2, 0.25) is 0 Å². The van der Waals surface area contributed by atoms with Crippen molar-refractivity contribution in [1.82, 2.24) is 5.32 Å². The zero-order valence-corrected chi connectivity index (χ0v) is 11.1. The average Bonchev–Trinajstić information content (AvgIpc) is 2.25. The highest BCUT2D eigenvalue weighted by atomic mass is 32.2. The molecule has 1 aliphatic heterocycles. The van der Waals surface area contributed by atoms with Crippen molar-refractivity contribution >= 4 is 9.84 Å². The highest BCUT2D eigenvalue weighted by Crippen LogP contribution is 2.24. The summed E-state index contributed by atoms with van der Waals surface area (Å²) < 4.78 is 28.9. The fourth-order valence-corrected chi connectivity index (χ4v) is 4.60. The number of methoxy groups -OCH3 is 1. The van der Waals surface area contributed by atoms with Crippen LogP contribution in [0.15, 0.2) is 0 Å². The second-order valence-electron chi connectivity index (χ2n) is 4.43. The Hall–Kier alpha value is -0.130. The van der Waals surface area contributed by atoms with Crippen molar-refractivity contribution in [2.45, 2.75) is 43.4 Å². The normalized spacial score (nSPS) is 26.5. The van der Waals surface area contributed by atoms with Crippen molar-refractivity contribution < 1.29 is 13.2 Å². The summed E-state index contributed by atoms with van der Waals surface area (Å²) in [6.07, 6.45) is 4.45. The van der Waals surface area contributed by atoms with Crippen molar-refractivity contribution in [1.29, 1.82) is 0 Å². The zero-order chi connectivity index (χ0) is 12.0. The molecule has 0 radical (unpaired) electrons. The van der Waals surface area contributed by atoms with Crippen molar-refractivity contribution in [2.75, 3.05) is 26.5 Å². The lowest BCUT2D eigenvalue weighted by Crippen LogP contribution is -2.45. The lowest BCUT2D eigenvalue weighted by molar-refractivity contribution is 0.188. The largest absolute Gasteiger partial charge is 0.385 e. The fourth-order valence-electron chi connectivity index (χ4n) is 2.39. The Morgan fingerprint density at radius 3 is 2.75 bits per heavy atom. The predicted molar refractivity (Wildman–Crippen MR) is 65.4 cm³/mol. The van der Waals surface area contributed by atoms with Gasteiger partial charge in [-0.25, -0.2) is 8.42 Å². The van der Waals surface area contributed by atoms with Gasteiger partial charge in [0.15, 0.2) is 9.84 Å². The molecule has 2 atom stereocenters. The molecule has 1 aliphatic rings. The summed E-state index contributed by atoms with van der Waals surface area (Å²) in [4.78, 5) is 0. The van der Waals surface area contributed by atoms with Crippen LogP contribution in [0.5, 0.6) is 0 Å². The van der Waals surface area contributed by atoms with E-state index in [2.05, 4.69) is 5.32 Å². The SMILES string of the molecule is CNC(CCCOC)C1CCCCS1(=O)=O. The Labute approximate surface area is 98.7 Å². The molecule has 4 nitrogen and oxygen atoms in total. The van der Waals surface area contributed by atoms with Gasteiger partial charge in [-0.1, -0.05) is 6.42 Å². The highest BCUT2D eigenvalue weighted by Gasteiger charge is 2.34. The molecule has 1 heterocycles. The van der Waals surface area contributed by atoms with E-state index in [9.17, 15) is 8.42 Å². The summed E-state index contributed by atoms with van der Waals surface area (Å²) in [6.45, 7) is 0.699. The van der Waals surface area contributed by atoms with Crippen LogP contribution in [-0.2, 0) is 14.6 Å². The van der Waals surface area contributed by atoms with Crippen molar-refractivity contribution in [3.8, 4) is 0 Å². The molecule has 5 heteroatoms. The number of nitrogens with one attached hydrogen (secondary N) is 1. The molecule has 0 bridgehead atoms. The predicted octanol–water partition coefficient (Wildman–Crippen LogP) is 0.968. The minimum absolute atomic E-state index is 0.0837. The van der Waals surface area contributed by atoms with Crippen LogP contribution >= 0.6 is 0 Å². The molecule has 0 aromatic carbocycles. The van der Waals surface area contributed by atoms with Gasteiger partial charge >= 0.3 is 0 Å². The van der Waals surface area contributed by atoms with Gasteiger partial charge in [0.1, 0.15) is 0 Å². The van der Waals surface area contributed by atoms with Crippen LogP contribution in [0, 0.1) is 0 Å². The molecule has 0 amide bonds. The second kappa shape index (κ2) is 6.57. The summed E-state index contributed by atoms with van der Waals surface area (Å²) >= 11 is 0. The van der Waals surface area contributed by atoms with E-state index in [0.717, 1.165) is 32.1 Å². The standard InChI is InChI=1S/C11H23NO3S/c1-12-10(6-5-8-15-2)11-7-3-4-9-16(11,13)14/h10-12H,3-9H2,1-2H3. The molecular formula is C11H23NO3S. The van der Waals surface area contributed by atoms with E-state index in [0.29, 0.717) is 12.4 Å². The summed E-state index contributed by atoms with van der Waals surface area (Å²) in [5.41, 5.74) is 0. The van der Waals surface area contributed by atoms with E-state index >= 15 is 0 Å². The lowest BCUT2D eigenvalue weighted by atomic mass is 10.0. The number of sulfone groups is 1. The molecule has 1 fully saturated rings. The Bertz CT molecular complexity index is 290. The van der Waals surface area contributed by atoms with Gasteiger partial charge in [0, 0.05) is 19.8 Å². The van der Waals surface area contributed by atoms with E-state index in [1.165, 1.54) is 0 Å². The smallest absolute Gasteiger partial charge is 0.154 e. The van der Waals surface area contributed by atoms with Gasteiger partial charge in [-0.2, -0.15) is 0 Å². The van der Waals surface area contributed by atoms with Crippen molar-refractivity contribution in [3.63, 3.8) is 0 Å². The van der Waals surface area contributed by atoms with Gasteiger partial charge < -0.3 is 10.1 Å². The Morgan fingerprint density at radius 2 is 2.19 bits per heavy atom. The number of rotatable bonds is 6. The first-order valence-corrected chi connectivity index (χ1v) is 7.71. The van der Waals surface area contributed by atoms with E-state index in [1.807, 2.05) is 7.05 Å². The summed E-state index contributed by atoms with van der Waals surface area (Å²) in [5.74, 6) is 0.361. The molecule has 96 valence electrons. The molecule has 1 rings (SSSR count). The Morgan fingerprint density at radius 1 is 1.44 bits per heavy atom. The first-order valence-electron chi connectivity index (χ1n) is 5.99. The number of hydrogen-bond donors (Lipinski definition) is 1. The van der Waals surface area contributed by atoms with Gasteiger partial charge in [-0.15, -0.1) is 0 Å². The zero-order valence-electron chi connectivity index (χ0n) is 10.2. The van der Waals surface area contributed by atoms with Crippen LogP contribution in [0.3, 0.4) is 0 Å². The van der Waals surface area contributed by atoms with Gasteiger partial charge in [0.25, 0.3) is 0 Å². The molecule has 16 heavy (non-hydrogen) atoms.